The van der Waals surface area contributed by atoms with Crippen molar-refractivity contribution >= 4 is 58.3 Å². The van der Waals surface area contributed by atoms with Gasteiger partial charge in [0.15, 0.2) is 6.61 Å². The van der Waals surface area contributed by atoms with E-state index in [0.717, 1.165) is 16.0 Å². The van der Waals surface area contributed by atoms with E-state index < -0.39 is 30.3 Å². The average Bonchev–Trinajstić information content (AvgIpc) is 3.44. The molecule has 2 bridgehead atoms. The van der Waals surface area contributed by atoms with Crippen molar-refractivity contribution in [2.24, 2.45) is 23.7 Å². The number of anilines is 2. The predicted octanol–water partition coefficient (Wildman–Crippen LogP) is 4.07. The molecule has 9 heteroatoms. The van der Waals surface area contributed by atoms with Crippen molar-refractivity contribution in [1.82, 2.24) is 0 Å². The van der Waals surface area contributed by atoms with Gasteiger partial charge in [0, 0.05) is 5.69 Å². The molecule has 1 aliphatic heterocycles. The topological polar surface area (TPSA) is 92.8 Å². The van der Waals surface area contributed by atoms with Gasteiger partial charge >= 0.3 is 5.97 Å². The minimum atomic E-state index is -0.733. The monoisotopic (exact) mass is 514 g/mol. The van der Waals surface area contributed by atoms with Crippen LogP contribution in [0, 0.1) is 37.5 Å². The molecule has 0 aromatic heterocycles. The number of hydrogen-bond acceptors (Lipinski definition) is 5. The van der Waals surface area contributed by atoms with E-state index in [9.17, 15) is 19.2 Å². The maximum atomic E-state index is 13.2. The highest BCUT2D eigenvalue weighted by Gasteiger charge is 2.66. The molecule has 3 fully saturated rings. The average molecular weight is 515 g/mol. The summed E-state index contributed by atoms with van der Waals surface area (Å²) in [6, 6.07) is 11.6. The fraction of sp³-hybridized carbons (Fsp3) is 0.385. The van der Waals surface area contributed by atoms with Crippen LogP contribution in [0.25, 0.3) is 0 Å². The second kappa shape index (κ2) is 8.95. The Bertz CT molecular complexity index is 1220. The number of benzene rings is 2. The Morgan fingerprint density at radius 3 is 2.26 bits per heavy atom. The molecular weight excluding hydrogens is 491 g/mol. The highest BCUT2D eigenvalue weighted by Crippen LogP contribution is 2.59. The van der Waals surface area contributed by atoms with Gasteiger partial charge in [-0.15, -0.1) is 23.2 Å². The summed E-state index contributed by atoms with van der Waals surface area (Å²) in [4.78, 5) is 52.3. The summed E-state index contributed by atoms with van der Waals surface area (Å²) in [6.45, 7) is 3.44. The lowest BCUT2D eigenvalue weighted by Crippen LogP contribution is -2.37. The van der Waals surface area contributed by atoms with Gasteiger partial charge in [0.2, 0.25) is 11.8 Å². The highest BCUT2D eigenvalue weighted by molar-refractivity contribution is 6.32. The van der Waals surface area contributed by atoms with Crippen molar-refractivity contribution in [1.29, 1.82) is 0 Å². The Kier molecular flexibility index (Phi) is 6.09. The number of halogens is 2. The summed E-state index contributed by atoms with van der Waals surface area (Å²) in [5, 5.41) is 2.02. The Hall–Kier alpha value is -2.90. The number of amides is 3. The summed E-state index contributed by atoms with van der Waals surface area (Å²) in [5.41, 5.74) is 3.17. The van der Waals surface area contributed by atoms with Gasteiger partial charge in [-0.3, -0.25) is 19.3 Å². The Balaban J connectivity index is 1.26. The first-order chi connectivity index (χ1) is 16.7. The normalized spacial score (nSPS) is 28.9. The number of esters is 1. The number of hydrogen-bond donors (Lipinski definition) is 1. The predicted molar refractivity (Wildman–Crippen MR) is 132 cm³/mol. The van der Waals surface area contributed by atoms with Crippen LogP contribution in [-0.2, 0) is 19.1 Å². The second-order valence-corrected chi connectivity index (χ2v) is 10.5. The van der Waals surface area contributed by atoms with Crippen molar-refractivity contribution in [3.8, 4) is 0 Å². The van der Waals surface area contributed by atoms with E-state index in [1.165, 1.54) is 12.1 Å². The van der Waals surface area contributed by atoms with Crippen molar-refractivity contribution in [3.63, 3.8) is 0 Å². The first-order valence-electron chi connectivity index (χ1n) is 11.5. The second-order valence-electron chi connectivity index (χ2n) is 9.49. The van der Waals surface area contributed by atoms with Crippen molar-refractivity contribution in [3.05, 3.63) is 59.2 Å². The van der Waals surface area contributed by atoms with Gasteiger partial charge in [0.05, 0.1) is 33.8 Å². The quantitative estimate of drug-likeness (QED) is 0.368. The molecule has 2 aromatic rings. The molecule has 0 radical (unpaired) electrons. The number of fused-ring (bicyclic) bond motifs is 5. The molecule has 182 valence electrons. The van der Waals surface area contributed by atoms with Crippen LogP contribution in [0.2, 0.25) is 0 Å². The van der Waals surface area contributed by atoms with Gasteiger partial charge in [-0.05, 0) is 73.6 Å². The third-order valence-corrected chi connectivity index (χ3v) is 8.77. The number of rotatable bonds is 5. The van der Waals surface area contributed by atoms with Crippen LogP contribution in [0.4, 0.5) is 11.4 Å². The molecule has 6 atom stereocenters. The lowest BCUT2D eigenvalue weighted by molar-refractivity contribution is -0.123. The first-order valence-corrected chi connectivity index (χ1v) is 12.3. The zero-order valence-electron chi connectivity index (χ0n) is 19.2. The Morgan fingerprint density at radius 1 is 0.971 bits per heavy atom. The SMILES string of the molecule is Cc1ccc(NC(=O)COC(=O)c2cccc(N3C(=O)[C@@H]4[C@H]5C[C@@H]([C@@H](Cl)[C@H]5Cl)[C@H]4C3=O)c2)cc1C. The number of nitrogens with zero attached hydrogens (tertiary/aromatic N) is 1. The molecule has 1 N–H and O–H groups in total. The first kappa shape index (κ1) is 23.8. The maximum absolute atomic E-state index is 13.2. The van der Waals surface area contributed by atoms with Crippen LogP contribution in [0.15, 0.2) is 42.5 Å². The standard InChI is InChI=1S/C26H24Cl2N2O5/c1-12-6-7-15(8-13(12)2)29-19(31)11-35-26(34)14-4-3-5-16(9-14)30-24(32)20-17-10-18(21(20)25(30)33)23(28)22(17)27/h3-9,17-18,20-23H,10-11H2,1-2H3,(H,29,31)/t17-,18-,20-,21-,22-,23+/m1/s1. The molecule has 3 amide bonds. The van der Waals surface area contributed by atoms with Gasteiger partial charge in [-0.1, -0.05) is 12.1 Å². The smallest absolute Gasteiger partial charge is 0.338 e. The third kappa shape index (κ3) is 4.00. The van der Waals surface area contributed by atoms with E-state index in [1.54, 1.807) is 18.2 Å². The molecule has 2 aliphatic carbocycles. The molecule has 1 heterocycles. The van der Waals surface area contributed by atoms with Crippen LogP contribution in [0.3, 0.4) is 0 Å². The molecule has 1 saturated heterocycles. The number of carbonyl (C=O) groups is 4. The largest absolute Gasteiger partial charge is 0.452 e. The molecule has 2 saturated carbocycles. The molecular formula is C26H24Cl2N2O5. The van der Waals surface area contributed by atoms with Crippen LogP contribution in [0.1, 0.15) is 27.9 Å². The molecule has 0 unspecified atom stereocenters. The van der Waals surface area contributed by atoms with Crippen molar-refractivity contribution in [2.45, 2.75) is 31.0 Å². The summed E-state index contributed by atoms with van der Waals surface area (Å²) in [6.07, 6.45) is 0.680. The molecule has 3 aliphatic rings. The van der Waals surface area contributed by atoms with Crippen LogP contribution in [0.5, 0.6) is 0 Å². The Morgan fingerprint density at radius 2 is 1.63 bits per heavy atom. The van der Waals surface area contributed by atoms with E-state index in [2.05, 4.69) is 5.32 Å². The van der Waals surface area contributed by atoms with Crippen LogP contribution < -0.4 is 10.2 Å². The summed E-state index contributed by atoms with van der Waals surface area (Å²) < 4.78 is 5.16. The number of imide groups is 1. The number of carbonyl (C=O) groups excluding carboxylic acids is 4. The zero-order chi connectivity index (χ0) is 25.0. The van der Waals surface area contributed by atoms with Gasteiger partial charge in [-0.2, -0.15) is 0 Å². The molecule has 7 nitrogen and oxygen atoms in total. The van der Waals surface area contributed by atoms with Crippen molar-refractivity contribution < 1.29 is 23.9 Å². The van der Waals surface area contributed by atoms with Crippen LogP contribution >= 0.6 is 23.2 Å². The minimum Gasteiger partial charge on any atom is -0.452 e. The third-order valence-electron chi connectivity index (χ3n) is 7.45. The van der Waals surface area contributed by atoms with Crippen LogP contribution in [-0.4, -0.2) is 41.1 Å². The lowest BCUT2D eigenvalue weighted by Gasteiger charge is -2.28. The number of aryl methyl sites for hydroxylation is 2. The number of nitrogens with one attached hydrogen (secondary N) is 1. The Labute approximate surface area is 212 Å². The van der Waals surface area contributed by atoms with Gasteiger partial charge in [-0.25, -0.2) is 4.79 Å². The molecule has 35 heavy (non-hydrogen) atoms. The maximum Gasteiger partial charge on any atom is 0.338 e. The van der Waals surface area contributed by atoms with Crippen molar-refractivity contribution in [2.75, 3.05) is 16.8 Å². The van der Waals surface area contributed by atoms with Gasteiger partial charge < -0.3 is 10.1 Å². The minimum absolute atomic E-state index is 0.125. The van der Waals surface area contributed by atoms with Gasteiger partial charge in [0.25, 0.3) is 5.91 Å². The molecule has 2 aromatic carbocycles. The lowest BCUT2D eigenvalue weighted by atomic mass is 9.80. The summed E-state index contributed by atoms with van der Waals surface area (Å²) in [5.74, 6) is -3.02. The fourth-order valence-electron chi connectivity index (χ4n) is 5.61. The number of alkyl halides is 2. The van der Waals surface area contributed by atoms with Gasteiger partial charge in [0.1, 0.15) is 0 Å². The van der Waals surface area contributed by atoms with E-state index in [4.69, 9.17) is 27.9 Å². The highest BCUT2D eigenvalue weighted by atomic mass is 35.5. The van der Waals surface area contributed by atoms with E-state index in [1.807, 2.05) is 26.0 Å². The number of ether oxygens (including phenoxy) is 1. The van der Waals surface area contributed by atoms with E-state index in [0.29, 0.717) is 17.8 Å². The molecule has 5 rings (SSSR count). The summed E-state index contributed by atoms with van der Waals surface area (Å²) in [7, 11) is 0. The fourth-order valence-corrected chi connectivity index (χ4v) is 6.50. The summed E-state index contributed by atoms with van der Waals surface area (Å²) >= 11 is 12.8. The molecule has 0 spiro atoms. The van der Waals surface area contributed by atoms with E-state index in [-0.39, 0.29) is 40.0 Å². The zero-order valence-corrected chi connectivity index (χ0v) is 20.7. The van der Waals surface area contributed by atoms with E-state index >= 15 is 0 Å².